The number of hydrogen-bond acceptors (Lipinski definition) is 3. The average Bonchev–Trinajstić information content (AvgIpc) is 2.72. The van der Waals surface area contributed by atoms with Crippen LogP contribution in [0.5, 0.6) is 0 Å². The molecule has 0 saturated heterocycles. The minimum atomic E-state index is -0.129. The van der Waals surface area contributed by atoms with Gasteiger partial charge in [-0.1, -0.05) is 6.42 Å². The SMILES string of the molecule is CCO[C@@H]1C[C@@H](NC(=O)Nc2c(C)nn(C(C)C)c2C)C12CCC2. The minimum Gasteiger partial charge on any atom is -0.378 e. The molecule has 1 aromatic heterocycles. The molecule has 0 aliphatic heterocycles. The Kier molecular flexibility index (Phi) is 4.60. The summed E-state index contributed by atoms with van der Waals surface area (Å²) < 4.78 is 7.80. The van der Waals surface area contributed by atoms with Crippen molar-refractivity contribution in [1.29, 1.82) is 0 Å². The average molecular weight is 334 g/mol. The summed E-state index contributed by atoms with van der Waals surface area (Å²) in [7, 11) is 0. The molecule has 3 rings (SSSR count). The molecule has 2 N–H and O–H groups in total. The predicted octanol–water partition coefficient (Wildman–Crippen LogP) is 3.55. The molecule has 2 amide bonds. The molecule has 0 aromatic carbocycles. The first-order valence-corrected chi connectivity index (χ1v) is 9.14. The predicted molar refractivity (Wildman–Crippen MR) is 94.3 cm³/mol. The summed E-state index contributed by atoms with van der Waals surface area (Å²) in [6, 6.07) is 0.374. The zero-order valence-corrected chi connectivity index (χ0v) is 15.5. The largest absolute Gasteiger partial charge is 0.378 e. The van der Waals surface area contributed by atoms with E-state index in [0.29, 0.717) is 6.10 Å². The van der Waals surface area contributed by atoms with E-state index in [2.05, 4.69) is 29.6 Å². The van der Waals surface area contributed by atoms with E-state index >= 15 is 0 Å². The molecule has 2 aliphatic carbocycles. The Morgan fingerprint density at radius 2 is 2.12 bits per heavy atom. The Balaban J connectivity index is 1.63. The molecule has 2 aliphatic rings. The van der Waals surface area contributed by atoms with Gasteiger partial charge in [0, 0.05) is 24.1 Å². The fourth-order valence-electron chi connectivity index (χ4n) is 4.30. The minimum absolute atomic E-state index is 0.129. The fraction of sp³-hybridized carbons (Fsp3) is 0.778. The Hall–Kier alpha value is -1.56. The number of rotatable bonds is 5. The highest BCUT2D eigenvalue weighted by Crippen LogP contribution is 2.57. The summed E-state index contributed by atoms with van der Waals surface area (Å²) in [5.41, 5.74) is 2.86. The molecule has 1 heterocycles. The Morgan fingerprint density at radius 1 is 1.42 bits per heavy atom. The molecule has 1 spiro atoms. The number of amides is 2. The van der Waals surface area contributed by atoms with Crippen LogP contribution in [0.1, 0.15) is 63.9 Å². The summed E-state index contributed by atoms with van der Waals surface area (Å²) >= 11 is 0. The van der Waals surface area contributed by atoms with Crippen molar-refractivity contribution in [1.82, 2.24) is 15.1 Å². The lowest BCUT2D eigenvalue weighted by atomic mass is 9.51. The lowest BCUT2D eigenvalue weighted by molar-refractivity contribution is -0.169. The number of hydrogen-bond donors (Lipinski definition) is 2. The van der Waals surface area contributed by atoms with E-state index in [1.54, 1.807) is 0 Å². The van der Waals surface area contributed by atoms with Gasteiger partial charge in [-0.3, -0.25) is 4.68 Å². The van der Waals surface area contributed by atoms with Crippen LogP contribution in [0, 0.1) is 19.3 Å². The normalized spacial score (nSPS) is 24.6. The second-order valence-electron chi connectivity index (χ2n) is 7.50. The monoisotopic (exact) mass is 334 g/mol. The van der Waals surface area contributed by atoms with Crippen molar-refractivity contribution in [2.24, 2.45) is 5.41 Å². The number of carbonyl (C=O) groups excluding carboxylic acids is 1. The first-order valence-electron chi connectivity index (χ1n) is 9.14. The molecule has 6 heteroatoms. The van der Waals surface area contributed by atoms with Gasteiger partial charge in [-0.2, -0.15) is 5.10 Å². The lowest BCUT2D eigenvalue weighted by Gasteiger charge is -2.60. The molecule has 0 radical (unpaired) electrons. The topological polar surface area (TPSA) is 68.2 Å². The first-order chi connectivity index (χ1) is 11.4. The Bertz CT molecular complexity index is 619. The molecule has 2 saturated carbocycles. The molecule has 6 nitrogen and oxygen atoms in total. The third-order valence-corrected chi connectivity index (χ3v) is 5.80. The van der Waals surface area contributed by atoms with E-state index in [4.69, 9.17) is 4.74 Å². The Morgan fingerprint density at radius 3 is 2.62 bits per heavy atom. The van der Waals surface area contributed by atoms with E-state index in [0.717, 1.165) is 42.9 Å². The smallest absolute Gasteiger partial charge is 0.319 e. The zero-order chi connectivity index (χ0) is 17.5. The van der Waals surface area contributed by atoms with Gasteiger partial charge in [-0.15, -0.1) is 0 Å². The van der Waals surface area contributed by atoms with Gasteiger partial charge in [0.1, 0.15) is 0 Å². The number of aromatic nitrogens is 2. The molecule has 24 heavy (non-hydrogen) atoms. The van der Waals surface area contributed by atoms with Crippen LogP contribution in [0.15, 0.2) is 0 Å². The van der Waals surface area contributed by atoms with Gasteiger partial charge >= 0.3 is 6.03 Å². The van der Waals surface area contributed by atoms with Gasteiger partial charge in [0.25, 0.3) is 0 Å². The second-order valence-corrected chi connectivity index (χ2v) is 7.50. The number of carbonyl (C=O) groups is 1. The van der Waals surface area contributed by atoms with Crippen LogP contribution < -0.4 is 10.6 Å². The molecular weight excluding hydrogens is 304 g/mol. The molecule has 134 valence electrons. The molecular formula is C18H30N4O2. The van der Waals surface area contributed by atoms with Crippen LogP contribution in [0.4, 0.5) is 10.5 Å². The van der Waals surface area contributed by atoms with E-state index in [9.17, 15) is 4.79 Å². The lowest BCUT2D eigenvalue weighted by Crippen LogP contribution is -2.68. The van der Waals surface area contributed by atoms with Gasteiger partial charge in [-0.05, 0) is 53.9 Å². The second kappa shape index (κ2) is 6.39. The van der Waals surface area contributed by atoms with Gasteiger partial charge < -0.3 is 15.4 Å². The summed E-state index contributed by atoms with van der Waals surface area (Å²) in [4.78, 5) is 12.5. The molecule has 1 aromatic rings. The van der Waals surface area contributed by atoms with Gasteiger partial charge in [0.2, 0.25) is 0 Å². The van der Waals surface area contributed by atoms with Gasteiger partial charge in [0.15, 0.2) is 0 Å². The fourth-order valence-corrected chi connectivity index (χ4v) is 4.30. The molecule has 2 fully saturated rings. The third kappa shape index (κ3) is 2.70. The van der Waals surface area contributed by atoms with Crippen molar-refractivity contribution in [3.63, 3.8) is 0 Å². The zero-order valence-electron chi connectivity index (χ0n) is 15.5. The number of nitrogens with one attached hydrogen (secondary N) is 2. The highest BCUT2D eigenvalue weighted by Gasteiger charge is 2.59. The van der Waals surface area contributed by atoms with Crippen molar-refractivity contribution in [2.75, 3.05) is 11.9 Å². The van der Waals surface area contributed by atoms with Gasteiger partial charge in [-0.25, -0.2) is 4.79 Å². The number of ether oxygens (including phenoxy) is 1. The van der Waals surface area contributed by atoms with Crippen LogP contribution in [0.25, 0.3) is 0 Å². The number of aryl methyl sites for hydroxylation is 1. The van der Waals surface area contributed by atoms with E-state index in [1.807, 2.05) is 25.5 Å². The van der Waals surface area contributed by atoms with Crippen LogP contribution in [0.3, 0.4) is 0 Å². The van der Waals surface area contributed by atoms with Crippen molar-refractivity contribution in [2.45, 2.75) is 78.5 Å². The number of urea groups is 1. The van der Waals surface area contributed by atoms with Crippen LogP contribution in [-0.4, -0.2) is 34.6 Å². The maximum Gasteiger partial charge on any atom is 0.319 e. The molecule has 2 atom stereocenters. The van der Waals surface area contributed by atoms with Crippen LogP contribution in [0.2, 0.25) is 0 Å². The van der Waals surface area contributed by atoms with Crippen molar-refractivity contribution >= 4 is 11.7 Å². The number of nitrogens with zero attached hydrogens (tertiary/aromatic N) is 2. The van der Waals surface area contributed by atoms with Crippen LogP contribution >= 0.6 is 0 Å². The summed E-state index contributed by atoms with van der Waals surface area (Å²) in [6.45, 7) is 10.9. The van der Waals surface area contributed by atoms with E-state index in [-0.39, 0.29) is 23.5 Å². The quantitative estimate of drug-likeness (QED) is 0.865. The van der Waals surface area contributed by atoms with Gasteiger partial charge in [0.05, 0.1) is 23.2 Å². The van der Waals surface area contributed by atoms with Crippen molar-refractivity contribution in [3.05, 3.63) is 11.4 Å². The van der Waals surface area contributed by atoms with Crippen LogP contribution in [-0.2, 0) is 4.74 Å². The summed E-state index contributed by atoms with van der Waals surface area (Å²) in [6.07, 6.45) is 4.79. The maximum atomic E-state index is 12.5. The van der Waals surface area contributed by atoms with Crippen molar-refractivity contribution in [3.8, 4) is 0 Å². The molecule has 0 unspecified atom stereocenters. The van der Waals surface area contributed by atoms with Crippen molar-refractivity contribution < 1.29 is 9.53 Å². The maximum absolute atomic E-state index is 12.5. The summed E-state index contributed by atoms with van der Waals surface area (Å²) in [5, 5.41) is 10.7. The third-order valence-electron chi connectivity index (χ3n) is 5.80. The highest BCUT2D eigenvalue weighted by atomic mass is 16.5. The molecule has 0 bridgehead atoms. The highest BCUT2D eigenvalue weighted by molar-refractivity contribution is 5.90. The van der Waals surface area contributed by atoms with E-state index < -0.39 is 0 Å². The number of anilines is 1. The summed E-state index contributed by atoms with van der Waals surface area (Å²) in [5.74, 6) is 0. The first kappa shape index (κ1) is 17.3. The van der Waals surface area contributed by atoms with E-state index in [1.165, 1.54) is 6.42 Å². The Labute approximate surface area is 144 Å². The standard InChI is InChI=1S/C18H30N4O2/c1-6-24-15-10-14(18(15)8-7-9-18)19-17(23)20-16-12(4)21-22(11(2)3)13(16)5/h11,14-15H,6-10H2,1-5H3,(H2,19,20,23)/t14-,15-/m1/s1.